The lowest BCUT2D eigenvalue weighted by Crippen LogP contribution is -2.37. The van der Waals surface area contributed by atoms with Crippen LogP contribution in [0.25, 0.3) is 0 Å². The smallest absolute Gasteiger partial charge is 0.170 e. The molecule has 1 saturated carbocycles. The fourth-order valence-corrected chi connectivity index (χ4v) is 5.56. The van der Waals surface area contributed by atoms with Crippen LogP contribution in [-0.2, 0) is 0 Å². The average molecular weight is 383 g/mol. The Morgan fingerprint density at radius 1 is 1.19 bits per heavy atom. The molecule has 27 heavy (non-hydrogen) atoms. The predicted octanol–water partition coefficient (Wildman–Crippen LogP) is 5.00. The summed E-state index contributed by atoms with van der Waals surface area (Å²) in [5.41, 5.74) is 5.13. The minimum absolute atomic E-state index is 0.0976. The summed E-state index contributed by atoms with van der Waals surface area (Å²) in [7, 11) is 0. The van der Waals surface area contributed by atoms with Crippen molar-refractivity contribution in [3.63, 3.8) is 0 Å². The highest BCUT2D eigenvalue weighted by molar-refractivity contribution is 7.80. The molecular weight excluding hydrogens is 352 g/mol. The SMILES string of the molecule is Cc1cc(C2C(c3ccccn3)NC(=S)N2C2CCCC2)c(C)n1C(C)C. The number of rotatable bonds is 4. The molecule has 2 aromatic rings. The maximum Gasteiger partial charge on any atom is 0.170 e. The van der Waals surface area contributed by atoms with Gasteiger partial charge in [-0.2, -0.15) is 0 Å². The van der Waals surface area contributed by atoms with Gasteiger partial charge in [-0.15, -0.1) is 0 Å². The normalized spacial score (nSPS) is 23.4. The van der Waals surface area contributed by atoms with E-state index in [4.69, 9.17) is 12.2 Å². The van der Waals surface area contributed by atoms with Crippen LogP contribution >= 0.6 is 12.2 Å². The van der Waals surface area contributed by atoms with E-state index < -0.39 is 0 Å². The molecule has 0 spiro atoms. The molecule has 1 aliphatic carbocycles. The zero-order valence-electron chi connectivity index (χ0n) is 16.8. The molecule has 0 bridgehead atoms. The Labute approximate surface area is 168 Å². The Morgan fingerprint density at radius 2 is 1.93 bits per heavy atom. The third-order valence-electron chi connectivity index (χ3n) is 6.21. The van der Waals surface area contributed by atoms with Gasteiger partial charge in [-0.3, -0.25) is 4.98 Å². The van der Waals surface area contributed by atoms with E-state index in [9.17, 15) is 0 Å². The average Bonchev–Trinajstić information content (AvgIpc) is 3.33. The van der Waals surface area contributed by atoms with Crippen LogP contribution < -0.4 is 5.32 Å². The van der Waals surface area contributed by atoms with E-state index in [1.165, 1.54) is 42.6 Å². The lowest BCUT2D eigenvalue weighted by molar-refractivity contribution is 0.244. The zero-order chi connectivity index (χ0) is 19.1. The van der Waals surface area contributed by atoms with E-state index in [0.717, 1.165) is 10.8 Å². The van der Waals surface area contributed by atoms with Gasteiger partial charge in [0.15, 0.2) is 5.11 Å². The van der Waals surface area contributed by atoms with Gasteiger partial charge < -0.3 is 14.8 Å². The van der Waals surface area contributed by atoms with Gasteiger partial charge in [-0.1, -0.05) is 18.9 Å². The third kappa shape index (κ3) is 3.16. The maximum absolute atomic E-state index is 5.85. The van der Waals surface area contributed by atoms with Gasteiger partial charge in [0.25, 0.3) is 0 Å². The number of aromatic nitrogens is 2. The number of hydrogen-bond donors (Lipinski definition) is 1. The molecule has 2 aromatic heterocycles. The summed E-state index contributed by atoms with van der Waals surface area (Å²) in [5.74, 6) is 0. The summed E-state index contributed by atoms with van der Waals surface area (Å²) >= 11 is 5.85. The number of nitrogens with one attached hydrogen (secondary N) is 1. The summed E-state index contributed by atoms with van der Waals surface area (Å²) in [6, 6.07) is 9.82. The molecule has 0 radical (unpaired) electrons. The topological polar surface area (TPSA) is 33.1 Å². The van der Waals surface area contributed by atoms with E-state index in [1.54, 1.807) is 0 Å². The molecule has 4 rings (SSSR count). The number of aryl methyl sites for hydroxylation is 1. The van der Waals surface area contributed by atoms with Gasteiger partial charge >= 0.3 is 0 Å². The van der Waals surface area contributed by atoms with Crippen LogP contribution in [0.4, 0.5) is 0 Å². The highest BCUT2D eigenvalue weighted by Gasteiger charge is 2.44. The van der Waals surface area contributed by atoms with Crippen LogP contribution in [0, 0.1) is 13.8 Å². The van der Waals surface area contributed by atoms with Crippen LogP contribution in [-0.4, -0.2) is 25.6 Å². The van der Waals surface area contributed by atoms with Gasteiger partial charge in [0.1, 0.15) is 0 Å². The second kappa shape index (κ2) is 7.27. The molecule has 0 amide bonds. The lowest BCUT2D eigenvalue weighted by Gasteiger charge is -2.33. The molecule has 2 unspecified atom stereocenters. The minimum atomic E-state index is 0.0976. The number of nitrogens with zero attached hydrogens (tertiary/aromatic N) is 3. The van der Waals surface area contributed by atoms with Crippen LogP contribution in [0.2, 0.25) is 0 Å². The summed E-state index contributed by atoms with van der Waals surface area (Å²) in [6.07, 6.45) is 6.95. The first-order valence-electron chi connectivity index (χ1n) is 10.2. The van der Waals surface area contributed by atoms with E-state index >= 15 is 0 Å². The van der Waals surface area contributed by atoms with Gasteiger partial charge in [-0.05, 0) is 76.5 Å². The molecule has 1 saturated heterocycles. The molecule has 2 atom stereocenters. The van der Waals surface area contributed by atoms with Crippen molar-refractivity contribution in [3.8, 4) is 0 Å². The van der Waals surface area contributed by atoms with Crippen LogP contribution in [0.15, 0.2) is 30.5 Å². The Hall–Kier alpha value is -1.88. The summed E-state index contributed by atoms with van der Waals surface area (Å²) in [5, 5.41) is 4.50. The fourth-order valence-electron chi connectivity index (χ4n) is 5.17. The van der Waals surface area contributed by atoms with Crippen LogP contribution in [0.1, 0.15) is 80.3 Å². The lowest BCUT2D eigenvalue weighted by atomic mass is 9.95. The van der Waals surface area contributed by atoms with Crippen molar-refractivity contribution < 1.29 is 0 Å². The monoisotopic (exact) mass is 382 g/mol. The minimum Gasteiger partial charge on any atom is -0.352 e. The first kappa shape index (κ1) is 18.5. The molecule has 1 aliphatic heterocycles. The number of hydrogen-bond acceptors (Lipinski definition) is 2. The van der Waals surface area contributed by atoms with E-state index in [1.807, 2.05) is 12.3 Å². The molecule has 4 nitrogen and oxygen atoms in total. The van der Waals surface area contributed by atoms with Crippen LogP contribution in [0.5, 0.6) is 0 Å². The van der Waals surface area contributed by atoms with Gasteiger partial charge in [0, 0.05) is 29.7 Å². The molecule has 1 N–H and O–H groups in total. The fraction of sp³-hybridized carbons (Fsp3) is 0.545. The Morgan fingerprint density at radius 3 is 2.52 bits per heavy atom. The Balaban J connectivity index is 1.82. The van der Waals surface area contributed by atoms with Crippen LogP contribution in [0.3, 0.4) is 0 Å². The Kier molecular flexibility index (Phi) is 4.97. The zero-order valence-corrected chi connectivity index (χ0v) is 17.6. The van der Waals surface area contributed by atoms with Gasteiger partial charge in [0.05, 0.1) is 17.8 Å². The van der Waals surface area contributed by atoms with Crippen molar-refractivity contribution in [1.29, 1.82) is 0 Å². The molecule has 2 fully saturated rings. The summed E-state index contributed by atoms with van der Waals surface area (Å²) in [4.78, 5) is 7.16. The van der Waals surface area contributed by atoms with Gasteiger partial charge in [0.2, 0.25) is 0 Å². The molecule has 2 aliphatic rings. The first-order chi connectivity index (χ1) is 13.0. The van der Waals surface area contributed by atoms with Crippen molar-refractivity contribution >= 4 is 17.3 Å². The highest BCUT2D eigenvalue weighted by Crippen LogP contribution is 2.44. The van der Waals surface area contributed by atoms with Crippen molar-refractivity contribution in [2.45, 2.75) is 77.5 Å². The van der Waals surface area contributed by atoms with E-state index in [-0.39, 0.29) is 12.1 Å². The van der Waals surface area contributed by atoms with Gasteiger partial charge in [-0.25, -0.2) is 0 Å². The van der Waals surface area contributed by atoms with E-state index in [2.05, 4.69) is 65.7 Å². The number of pyridine rings is 1. The predicted molar refractivity (Wildman–Crippen MR) is 114 cm³/mol. The largest absolute Gasteiger partial charge is 0.352 e. The second-order valence-corrected chi connectivity index (χ2v) is 8.65. The van der Waals surface area contributed by atoms with Crippen molar-refractivity contribution in [3.05, 3.63) is 53.1 Å². The molecule has 3 heterocycles. The standard InChI is InChI=1S/C22H30N4S/c1-14(2)25-15(3)13-18(16(25)4)21-20(19-11-7-8-12-23-19)24-22(27)26(21)17-9-5-6-10-17/h7-8,11-14,17,20-21H,5-6,9-10H2,1-4H3,(H,24,27). The molecular formula is C22H30N4S. The van der Waals surface area contributed by atoms with E-state index in [0.29, 0.717) is 12.1 Å². The summed E-state index contributed by atoms with van der Waals surface area (Å²) < 4.78 is 2.44. The Bertz CT molecular complexity index is 820. The second-order valence-electron chi connectivity index (χ2n) is 8.26. The maximum atomic E-state index is 5.85. The van der Waals surface area contributed by atoms with Crippen molar-refractivity contribution in [2.75, 3.05) is 0 Å². The molecule has 0 aromatic carbocycles. The quantitative estimate of drug-likeness (QED) is 0.755. The molecule has 5 heteroatoms. The van der Waals surface area contributed by atoms with Crippen molar-refractivity contribution in [2.24, 2.45) is 0 Å². The number of thiocarbonyl (C=S) groups is 1. The highest BCUT2D eigenvalue weighted by atomic mass is 32.1. The third-order valence-corrected chi connectivity index (χ3v) is 6.54. The first-order valence-corrected chi connectivity index (χ1v) is 10.6. The molecule has 144 valence electrons. The van der Waals surface area contributed by atoms with Crippen molar-refractivity contribution in [1.82, 2.24) is 19.8 Å². The summed E-state index contributed by atoms with van der Waals surface area (Å²) in [6.45, 7) is 8.98.